The fraction of sp³-hybridized carbons (Fsp3) is 0.0833. The van der Waals surface area contributed by atoms with E-state index in [2.05, 4.69) is 48.7 Å². The Bertz CT molecular complexity index is 2130. The normalized spacial score (nSPS) is 13.3. The van der Waals surface area contributed by atoms with Gasteiger partial charge in [-0.05, 0) is 40.9 Å². The monoisotopic (exact) mass is 558 g/mol. The van der Waals surface area contributed by atoms with Gasteiger partial charge in [-0.2, -0.15) is 0 Å². The van der Waals surface area contributed by atoms with Gasteiger partial charge < -0.3 is 14.6 Å². The third-order valence-corrected chi connectivity index (χ3v) is 8.63. The second-order valence-electron chi connectivity index (χ2n) is 11.6. The number of fused-ring (bicyclic) bond motifs is 5. The standard InChI is InChI=1S/C36H27BN4O2/c1-36(2)28-19-24(35-39-33(22-11-5-3-6-12-22)38-34(40-35)23-13-7-4-8-14-23)17-18-31(28)41-30-16-10-9-15-26(30)27-20-25(37(42)43)21-29(36)32(27)41/h3-21,42-43H,1-2H3. The number of benzene rings is 5. The lowest BCUT2D eigenvalue weighted by Gasteiger charge is -2.35. The molecule has 2 N–H and O–H groups in total. The minimum absolute atomic E-state index is 0.448. The molecule has 3 heterocycles. The molecule has 5 aromatic carbocycles. The van der Waals surface area contributed by atoms with E-state index in [9.17, 15) is 10.0 Å². The topological polar surface area (TPSA) is 84.1 Å². The molecule has 0 atom stereocenters. The van der Waals surface area contributed by atoms with Crippen molar-refractivity contribution in [2.75, 3.05) is 0 Å². The third-order valence-electron chi connectivity index (χ3n) is 8.63. The van der Waals surface area contributed by atoms with Crippen LogP contribution in [0.4, 0.5) is 0 Å². The average Bonchev–Trinajstić information content (AvgIpc) is 3.38. The number of aromatic nitrogens is 4. The molecule has 7 aromatic rings. The summed E-state index contributed by atoms with van der Waals surface area (Å²) in [5.41, 5.74) is 8.17. The average molecular weight is 558 g/mol. The molecule has 6 nitrogen and oxygen atoms in total. The number of hydrogen-bond donors (Lipinski definition) is 2. The Hall–Kier alpha value is -5.11. The fourth-order valence-electron chi connectivity index (χ4n) is 6.45. The van der Waals surface area contributed by atoms with Crippen molar-refractivity contribution in [2.45, 2.75) is 19.3 Å². The Morgan fingerprint density at radius 3 is 1.79 bits per heavy atom. The van der Waals surface area contributed by atoms with Gasteiger partial charge >= 0.3 is 7.12 Å². The molecule has 0 aliphatic carbocycles. The Morgan fingerprint density at radius 1 is 0.581 bits per heavy atom. The van der Waals surface area contributed by atoms with E-state index >= 15 is 0 Å². The Morgan fingerprint density at radius 2 is 1.16 bits per heavy atom. The van der Waals surface area contributed by atoms with Gasteiger partial charge in [0.2, 0.25) is 0 Å². The Labute approximate surface area is 249 Å². The summed E-state index contributed by atoms with van der Waals surface area (Å²) in [6.45, 7) is 4.38. The van der Waals surface area contributed by atoms with E-state index in [1.165, 1.54) is 0 Å². The zero-order chi connectivity index (χ0) is 29.3. The maximum Gasteiger partial charge on any atom is 0.488 e. The molecule has 0 saturated carbocycles. The molecule has 2 aromatic heterocycles. The molecule has 206 valence electrons. The van der Waals surface area contributed by atoms with Gasteiger partial charge in [0.05, 0.1) is 16.7 Å². The summed E-state index contributed by atoms with van der Waals surface area (Å²) < 4.78 is 2.30. The first-order valence-corrected chi connectivity index (χ1v) is 14.4. The summed E-state index contributed by atoms with van der Waals surface area (Å²) >= 11 is 0. The van der Waals surface area contributed by atoms with Gasteiger partial charge in [-0.25, -0.2) is 15.0 Å². The van der Waals surface area contributed by atoms with Crippen LogP contribution >= 0.6 is 0 Å². The first-order valence-electron chi connectivity index (χ1n) is 14.4. The van der Waals surface area contributed by atoms with Crippen LogP contribution < -0.4 is 5.46 Å². The summed E-state index contributed by atoms with van der Waals surface area (Å²) in [4.78, 5) is 14.8. The predicted octanol–water partition coefficient (Wildman–Crippen LogP) is 6.29. The number of hydrogen-bond acceptors (Lipinski definition) is 5. The van der Waals surface area contributed by atoms with Gasteiger partial charge in [0.1, 0.15) is 0 Å². The van der Waals surface area contributed by atoms with E-state index in [-0.39, 0.29) is 0 Å². The van der Waals surface area contributed by atoms with Crippen LogP contribution in [-0.4, -0.2) is 36.7 Å². The SMILES string of the molecule is CC1(C)c2cc(-c3nc(-c4ccccc4)nc(-c4ccccc4)n3)ccc2-n2c3ccccc3c3cc(B(O)O)cc1c32. The lowest BCUT2D eigenvalue weighted by atomic mass is 9.70. The summed E-state index contributed by atoms with van der Waals surface area (Å²) in [5, 5.41) is 22.5. The van der Waals surface area contributed by atoms with E-state index in [1.807, 2.05) is 84.9 Å². The molecule has 1 aliphatic heterocycles. The Balaban J connectivity index is 1.39. The number of nitrogens with zero attached hydrogens (tertiary/aromatic N) is 4. The van der Waals surface area contributed by atoms with Gasteiger partial charge in [-0.3, -0.25) is 0 Å². The van der Waals surface area contributed by atoms with Crippen molar-refractivity contribution in [1.82, 2.24) is 19.5 Å². The maximum atomic E-state index is 10.2. The summed E-state index contributed by atoms with van der Waals surface area (Å²) in [6.07, 6.45) is 0. The largest absolute Gasteiger partial charge is 0.488 e. The zero-order valence-corrected chi connectivity index (χ0v) is 23.7. The molecule has 43 heavy (non-hydrogen) atoms. The van der Waals surface area contributed by atoms with Crippen LogP contribution in [0.3, 0.4) is 0 Å². The third kappa shape index (κ3) is 3.93. The van der Waals surface area contributed by atoms with E-state index < -0.39 is 12.5 Å². The van der Waals surface area contributed by atoms with Gasteiger partial charge in [0.25, 0.3) is 0 Å². The second-order valence-corrected chi connectivity index (χ2v) is 11.6. The first kappa shape index (κ1) is 25.6. The molecule has 7 heteroatoms. The molecule has 0 radical (unpaired) electrons. The van der Waals surface area contributed by atoms with E-state index in [0.717, 1.165) is 55.3 Å². The zero-order valence-electron chi connectivity index (χ0n) is 23.7. The smallest absolute Gasteiger partial charge is 0.423 e. The molecule has 0 fully saturated rings. The van der Waals surface area contributed by atoms with Gasteiger partial charge in [0.15, 0.2) is 17.5 Å². The summed E-state index contributed by atoms with van der Waals surface area (Å²) in [5.74, 6) is 1.83. The molecular formula is C36H27BN4O2. The van der Waals surface area contributed by atoms with Gasteiger partial charge in [-0.15, -0.1) is 0 Å². The van der Waals surface area contributed by atoms with Crippen molar-refractivity contribution >= 4 is 34.4 Å². The van der Waals surface area contributed by atoms with Crippen molar-refractivity contribution in [2.24, 2.45) is 0 Å². The molecule has 0 saturated heterocycles. The van der Waals surface area contributed by atoms with Crippen LogP contribution in [0.5, 0.6) is 0 Å². The lowest BCUT2D eigenvalue weighted by molar-refractivity contribution is 0.425. The van der Waals surface area contributed by atoms with Crippen LogP contribution in [0.2, 0.25) is 0 Å². The second kappa shape index (κ2) is 9.46. The molecule has 1 aliphatic rings. The highest BCUT2D eigenvalue weighted by Gasteiger charge is 2.36. The van der Waals surface area contributed by atoms with Crippen molar-refractivity contribution in [3.63, 3.8) is 0 Å². The van der Waals surface area contributed by atoms with Gasteiger partial charge in [-0.1, -0.05) is 105 Å². The van der Waals surface area contributed by atoms with Crippen LogP contribution in [0.1, 0.15) is 25.0 Å². The van der Waals surface area contributed by atoms with Crippen molar-refractivity contribution < 1.29 is 10.0 Å². The highest BCUT2D eigenvalue weighted by molar-refractivity contribution is 6.59. The minimum atomic E-state index is -1.57. The molecule has 8 rings (SSSR count). The van der Waals surface area contributed by atoms with Gasteiger partial charge in [0, 0.05) is 32.9 Å². The molecule has 0 amide bonds. The predicted molar refractivity (Wildman–Crippen MR) is 172 cm³/mol. The van der Waals surface area contributed by atoms with Crippen molar-refractivity contribution in [3.05, 3.63) is 126 Å². The maximum absolute atomic E-state index is 10.2. The fourth-order valence-corrected chi connectivity index (χ4v) is 6.45. The first-order chi connectivity index (χ1) is 20.9. The van der Waals surface area contributed by atoms with Crippen molar-refractivity contribution in [1.29, 1.82) is 0 Å². The summed E-state index contributed by atoms with van der Waals surface area (Å²) in [7, 11) is -1.57. The molecular weight excluding hydrogens is 531 g/mol. The van der Waals surface area contributed by atoms with E-state index in [4.69, 9.17) is 15.0 Å². The molecule has 0 spiro atoms. The lowest BCUT2D eigenvalue weighted by Crippen LogP contribution is -2.33. The highest BCUT2D eigenvalue weighted by Crippen LogP contribution is 2.48. The number of rotatable bonds is 4. The molecule has 0 unspecified atom stereocenters. The Kier molecular flexibility index (Phi) is 5.63. The minimum Gasteiger partial charge on any atom is -0.423 e. The van der Waals surface area contributed by atoms with E-state index in [1.54, 1.807) is 0 Å². The summed E-state index contributed by atoms with van der Waals surface area (Å²) in [6, 6.07) is 38.5. The van der Waals surface area contributed by atoms with Crippen LogP contribution in [0.15, 0.2) is 115 Å². The molecule has 0 bridgehead atoms. The number of para-hydroxylation sites is 1. The van der Waals surface area contributed by atoms with Crippen molar-refractivity contribution in [3.8, 4) is 39.9 Å². The van der Waals surface area contributed by atoms with E-state index in [0.29, 0.717) is 22.9 Å². The quantitative estimate of drug-likeness (QED) is 0.248. The van der Waals surface area contributed by atoms with Crippen LogP contribution in [-0.2, 0) is 5.41 Å². The van der Waals surface area contributed by atoms with Crippen LogP contribution in [0, 0.1) is 0 Å². The highest BCUT2D eigenvalue weighted by atomic mass is 16.4. The van der Waals surface area contributed by atoms with Crippen LogP contribution in [0.25, 0.3) is 61.7 Å².